The zero-order valence-corrected chi connectivity index (χ0v) is 16.7. The van der Waals surface area contributed by atoms with Gasteiger partial charge >= 0.3 is 6.03 Å². The molecule has 1 saturated heterocycles. The quantitative estimate of drug-likeness (QED) is 0.594. The monoisotopic (exact) mass is 393 g/mol. The number of ether oxygens (including phenoxy) is 1. The van der Waals surface area contributed by atoms with Crippen LogP contribution in [0.2, 0.25) is 0 Å². The number of anilines is 1. The van der Waals surface area contributed by atoms with Gasteiger partial charge in [-0.1, -0.05) is 24.6 Å². The second kappa shape index (κ2) is 8.96. The first-order chi connectivity index (χ1) is 14.2. The summed E-state index contributed by atoms with van der Waals surface area (Å²) >= 11 is 0. The van der Waals surface area contributed by atoms with Crippen molar-refractivity contribution in [1.29, 1.82) is 0 Å². The van der Waals surface area contributed by atoms with E-state index >= 15 is 0 Å². The molecule has 1 aliphatic rings. The standard InChI is InChI=1S/C22H27N5O2/c1-29-18-8-5-16(6-9-18)17-7-10-19-20(15-17)25-26-21(19)24-22(28)23-11-14-27-12-3-2-4-13-27/h5-10,15H,2-4,11-14H2,1H3,(H3,23,24,25,26,28). The number of hydrogen-bond donors (Lipinski definition) is 3. The Morgan fingerprint density at radius 3 is 2.62 bits per heavy atom. The predicted molar refractivity (Wildman–Crippen MR) is 115 cm³/mol. The van der Waals surface area contributed by atoms with E-state index in [-0.39, 0.29) is 6.03 Å². The maximum atomic E-state index is 12.2. The highest BCUT2D eigenvalue weighted by Crippen LogP contribution is 2.28. The molecule has 7 nitrogen and oxygen atoms in total. The van der Waals surface area contributed by atoms with Crippen LogP contribution in [0.25, 0.3) is 22.0 Å². The first-order valence-electron chi connectivity index (χ1n) is 10.1. The van der Waals surface area contributed by atoms with E-state index in [1.54, 1.807) is 7.11 Å². The fourth-order valence-electron chi connectivity index (χ4n) is 3.74. The molecule has 2 heterocycles. The summed E-state index contributed by atoms with van der Waals surface area (Å²) in [6.07, 6.45) is 3.82. The van der Waals surface area contributed by atoms with Crippen molar-refractivity contribution in [3.8, 4) is 16.9 Å². The van der Waals surface area contributed by atoms with Gasteiger partial charge in [-0.2, -0.15) is 5.10 Å². The van der Waals surface area contributed by atoms with Gasteiger partial charge in [0.1, 0.15) is 5.75 Å². The maximum absolute atomic E-state index is 12.2. The Morgan fingerprint density at radius 2 is 1.86 bits per heavy atom. The van der Waals surface area contributed by atoms with Crippen molar-refractivity contribution in [2.24, 2.45) is 0 Å². The highest BCUT2D eigenvalue weighted by Gasteiger charge is 2.12. The number of fused-ring (bicyclic) bond motifs is 1. The first kappa shape index (κ1) is 19.3. The van der Waals surface area contributed by atoms with Gasteiger partial charge in [0, 0.05) is 18.5 Å². The molecule has 2 amide bonds. The predicted octanol–water partition coefficient (Wildman–Crippen LogP) is 3.85. The summed E-state index contributed by atoms with van der Waals surface area (Å²) in [5.41, 5.74) is 3.04. The summed E-state index contributed by atoms with van der Waals surface area (Å²) in [6.45, 7) is 3.78. The molecule has 3 N–H and O–H groups in total. The minimum Gasteiger partial charge on any atom is -0.497 e. The number of carbonyl (C=O) groups excluding carboxylic acids is 1. The third-order valence-electron chi connectivity index (χ3n) is 5.38. The zero-order valence-electron chi connectivity index (χ0n) is 16.7. The Morgan fingerprint density at radius 1 is 1.10 bits per heavy atom. The van der Waals surface area contributed by atoms with Gasteiger partial charge in [0.15, 0.2) is 5.82 Å². The summed E-state index contributed by atoms with van der Waals surface area (Å²) in [5, 5.41) is 13.9. The molecule has 0 radical (unpaired) electrons. The van der Waals surface area contributed by atoms with Gasteiger partial charge in [-0.3, -0.25) is 10.4 Å². The van der Waals surface area contributed by atoms with Gasteiger partial charge < -0.3 is 15.0 Å². The second-order valence-corrected chi connectivity index (χ2v) is 7.34. The van der Waals surface area contributed by atoms with Gasteiger partial charge in [-0.15, -0.1) is 0 Å². The van der Waals surface area contributed by atoms with Crippen molar-refractivity contribution in [3.63, 3.8) is 0 Å². The first-order valence-corrected chi connectivity index (χ1v) is 10.1. The molecule has 1 aromatic heterocycles. The number of likely N-dealkylation sites (tertiary alicyclic amines) is 1. The molecule has 0 aliphatic carbocycles. The Hall–Kier alpha value is -3.06. The van der Waals surface area contributed by atoms with Crippen molar-refractivity contribution in [3.05, 3.63) is 42.5 Å². The summed E-state index contributed by atoms with van der Waals surface area (Å²) in [6, 6.07) is 13.7. The van der Waals surface area contributed by atoms with Gasteiger partial charge in [-0.25, -0.2) is 4.79 Å². The van der Waals surface area contributed by atoms with E-state index in [9.17, 15) is 4.79 Å². The van der Waals surface area contributed by atoms with Crippen LogP contribution in [-0.2, 0) is 0 Å². The van der Waals surface area contributed by atoms with Crippen LogP contribution in [0.15, 0.2) is 42.5 Å². The lowest BCUT2D eigenvalue weighted by atomic mass is 10.0. The molecule has 0 spiro atoms. The average molecular weight is 393 g/mol. The highest BCUT2D eigenvalue weighted by atomic mass is 16.5. The molecular formula is C22H27N5O2. The van der Waals surface area contributed by atoms with Crippen LogP contribution >= 0.6 is 0 Å². The molecule has 0 unspecified atom stereocenters. The molecule has 29 heavy (non-hydrogen) atoms. The fraction of sp³-hybridized carbons (Fsp3) is 0.364. The van der Waals surface area contributed by atoms with E-state index in [2.05, 4.69) is 25.7 Å². The van der Waals surface area contributed by atoms with E-state index < -0.39 is 0 Å². The molecule has 2 aromatic carbocycles. The number of H-pyrrole nitrogens is 1. The number of nitrogens with one attached hydrogen (secondary N) is 3. The molecule has 3 aromatic rings. The summed E-state index contributed by atoms with van der Waals surface area (Å²) in [7, 11) is 1.66. The molecule has 152 valence electrons. The lowest BCUT2D eigenvalue weighted by molar-refractivity contribution is 0.224. The Balaban J connectivity index is 1.37. The number of amides is 2. The molecule has 0 atom stereocenters. The summed E-state index contributed by atoms with van der Waals surface area (Å²) in [4.78, 5) is 14.6. The third kappa shape index (κ3) is 4.68. The molecule has 7 heteroatoms. The van der Waals surface area contributed by atoms with E-state index in [1.807, 2.05) is 42.5 Å². The van der Waals surface area contributed by atoms with E-state index in [1.165, 1.54) is 19.3 Å². The normalized spacial score (nSPS) is 14.7. The number of piperidine rings is 1. The Bertz CT molecular complexity index is 961. The molecule has 0 bridgehead atoms. The Kier molecular flexibility index (Phi) is 5.95. The van der Waals surface area contributed by atoms with Crippen molar-refractivity contribution < 1.29 is 9.53 Å². The van der Waals surface area contributed by atoms with Gasteiger partial charge in [0.2, 0.25) is 0 Å². The van der Waals surface area contributed by atoms with Crippen molar-refractivity contribution in [2.75, 3.05) is 38.6 Å². The van der Waals surface area contributed by atoms with E-state index in [4.69, 9.17) is 4.74 Å². The molecule has 4 rings (SSSR count). The fourth-order valence-corrected chi connectivity index (χ4v) is 3.74. The van der Waals surface area contributed by atoms with Crippen molar-refractivity contribution in [1.82, 2.24) is 20.4 Å². The van der Waals surface area contributed by atoms with Crippen LogP contribution in [0.5, 0.6) is 5.75 Å². The molecule has 0 saturated carbocycles. The van der Waals surface area contributed by atoms with Gasteiger partial charge in [-0.05, 0) is 61.3 Å². The number of methoxy groups -OCH3 is 1. The van der Waals surface area contributed by atoms with Crippen LogP contribution in [0.3, 0.4) is 0 Å². The van der Waals surface area contributed by atoms with Crippen molar-refractivity contribution >= 4 is 22.8 Å². The highest BCUT2D eigenvalue weighted by molar-refractivity contribution is 6.00. The van der Waals surface area contributed by atoms with Crippen LogP contribution in [0.1, 0.15) is 19.3 Å². The lowest BCUT2D eigenvalue weighted by Crippen LogP contribution is -2.39. The number of hydrogen-bond acceptors (Lipinski definition) is 4. The van der Waals surface area contributed by atoms with E-state index in [0.29, 0.717) is 12.4 Å². The maximum Gasteiger partial charge on any atom is 0.320 e. The topological polar surface area (TPSA) is 82.3 Å². The minimum atomic E-state index is -0.227. The van der Waals surface area contributed by atoms with E-state index in [0.717, 1.165) is 47.4 Å². The van der Waals surface area contributed by atoms with Crippen LogP contribution in [0, 0.1) is 0 Å². The minimum absolute atomic E-state index is 0.227. The lowest BCUT2D eigenvalue weighted by Gasteiger charge is -2.26. The van der Waals surface area contributed by atoms with Crippen molar-refractivity contribution in [2.45, 2.75) is 19.3 Å². The zero-order chi connectivity index (χ0) is 20.1. The van der Waals surface area contributed by atoms with Gasteiger partial charge in [0.25, 0.3) is 0 Å². The number of benzene rings is 2. The molecular weight excluding hydrogens is 366 g/mol. The average Bonchev–Trinajstić information content (AvgIpc) is 3.16. The number of urea groups is 1. The number of aromatic nitrogens is 2. The number of nitrogens with zero attached hydrogens (tertiary/aromatic N) is 2. The van der Waals surface area contributed by atoms with Crippen LogP contribution in [0.4, 0.5) is 10.6 Å². The number of rotatable bonds is 6. The molecule has 1 aliphatic heterocycles. The van der Waals surface area contributed by atoms with Crippen LogP contribution < -0.4 is 15.4 Å². The largest absolute Gasteiger partial charge is 0.497 e. The number of aromatic amines is 1. The molecule has 1 fully saturated rings. The third-order valence-corrected chi connectivity index (χ3v) is 5.38. The summed E-state index contributed by atoms with van der Waals surface area (Å²) < 4.78 is 5.21. The second-order valence-electron chi connectivity index (χ2n) is 7.34. The SMILES string of the molecule is COc1ccc(-c2ccc3c(NC(=O)NCCN4CCCCC4)n[nH]c3c2)cc1. The smallest absolute Gasteiger partial charge is 0.320 e. The van der Waals surface area contributed by atoms with Gasteiger partial charge in [0.05, 0.1) is 12.6 Å². The summed E-state index contributed by atoms with van der Waals surface area (Å²) in [5.74, 6) is 1.37. The Labute approximate surface area is 170 Å². The number of carbonyl (C=O) groups is 1. The van der Waals surface area contributed by atoms with Crippen LogP contribution in [-0.4, -0.2) is 54.4 Å².